The van der Waals surface area contributed by atoms with E-state index in [4.69, 9.17) is 4.42 Å². The minimum absolute atomic E-state index is 0. The lowest BCUT2D eigenvalue weighted by Crippen LogP contribution is -2.37. The molecule has 0 aromatic carbocycles. The second-order valence-electron chi connectivity index (χ2n) is 9.03. The van der Waals surface area contributed by atoms with Gasteiger partial charge in [0.1, 0.15) is 11.5 Å². The largest absolute Gasteiger partial charge is 0.465 e. The molecule has 0 saturated heterocycles. The van der Waals surface area contributed by atoms with Crippen molar-refractivity contribution in [1.82, 2.24) is 14.8 Å². The molecule has 2 aromatic heterocycles. The summed E-state index contributed by atoms with van der Waals surface area (Å²) >= 11 is 0. The van der Waals surface area contributed by atoms with Crippen molar-refractivity contribution in [3.05, 3.63) is 52.7 Å². The highest BCUT2D eigenvalue weighted by atomic mass is 35.5. The van der Waals surface area contributed by atoms with Crippen molar-refractivity contribution in [3.63, 3.8) is 0 Å². The minimum atomic E-state index is -0.103. The second kappa shape index (κ2) is 9.75. The molecule has 0 N–H and O–H groups in total. The number of carbonyl (C=O) groups excluding carboxylic acids is 2. The van der Waals surface area contributed by atoms with Gasteiger partial charge in [0, 0.05) is 50.4 Å². The predicted molar refractivity (Wildman–Crippen MR) is 119 cm³/mol. The number of amides is 1. The number of aryl methyl sites for hydroxylation is 1. The number of likely N-dealkylation sites (N-methyl/N-ethyl adjacent to an activating group) is 1. The average molecular weight is 434 g/mol. The van der Waals surface area contributed by atoms with E-state index in [1.165, 1.54) is 0 Å². The SMILES string of the molecule is Cc1oc2c(c1CC(=O)N(CCN(C)C)Cc1cccnc1)C(=O)CC(C)(C)C2.Cl. The zero-order chi connectivity index (χ0) is 21.2. The molecule has 3 rings (SSSR count). The molecule has 0 bridgehead atoms. The monoisotopic (exact) mass is 433 g/mol. The van der Waals surface area contributed by atoms with Gasteiger partial charge >= 0.3 is 0 Å². The number of fused-ring (bicyclic) bond motifs is 1. The molecule has 1 aliphatic rings. The first-order chi connectivity index (χ1) is 13.7. The molecule has 0 saturated carbocycles. The molecule has 164 valence electrons. The Morgan fingerprint density at radius 3 is 2.60 bits per heavy atom. The van der Waals surface area contributed by atoms with Crippen molar-refractivity contribution in [1.29, 1.82) is 0 Å². The molecule has 1 amide bonds. The number of halogens is 1. The van der Waals surface area contributed by atoms with Gasteiger partial charge < -0.3 is 14.2 Å². The van der Waals surface area contributed by atoms with Crippen LogP contribution in [-0.2, 0) is 24.2 Å². The van der Waals surface area contributed by atoms with Gasteiger partial charge in [-0.05, 0) is 38.1 Å². The zero-order valence-electron chi connectivity index (χ0n) is 18.5. The molecule has 0 unspecified atom stereocenters. The standard InChI is InChI=1S/C23H31N3O3.ClH/c1-16-18(22-19(27)12-23(2,3)13-20(22)29-16)11-21(28)26(10-9-25(4)5)15-17-7-6-8-24-14-17;/h6-8,14H,9-13,15H2,1-5H3;1H. The first kappa shape index (κ1) is 24.1. The van der Waals surface area contributed by atoms with E-state index in [0.29, 0.717) is 30.8 Å². The Morgan fingerprint density at radius 1 is 1.23 bits per heavy atom. The van der Waals surface area contributed by atoms with Crippen molar-refractivity contribution >= 4 is 24.1 Å². The summed E-state index contributed by atoms with van der Waals surface area (Å²) in [4.78, 5) is 34.1. The average Bonchev–Trinajstić information content (AvgIpc) is 2.93. The van der Waals surface area contributed by atoms with Crippen LogP contribution in [0.5, 0.6) is 0 Å². The van der Waals surface area contributed by atoms with Gasteiger partial charge in [-0.25, -0.2) is 0 Å². The highest BCUT2D eigenvalue weighted by Gasteiger charge is 2.37. The molecule has 0 radical (unpaired) electrons. The Morgan fingerprint density at radius 2 is 1.97 bits per heavy atom. The van der Waals surface area contributed by atoms with E-state index in [2.05, 4.69) is 23.7 Å². The highest BCUT2D eigenvalue weighted by Crippen LogP contribution is 2.38. The van der Waals surface area contributed by atoms with E-state index in [1.54, 1.807) is 12.4 Å². The number of hydrogen-bond acceptors (Lipinski definition) is 5. The van der Waals surface area contributed by atoms with E-state index < -0.39 is 0 Å². The summed E-state index contributed by atoms with van der Waals surface area (Å²) < 4.78 is 5.93. The highest BCUT2D eigenvalue weighted by molar-refractivity contribution is 6.01. The van der Waals surface area contributed by atoms with Crippen molar-refractivity contribution < 1.29 is 14.0 Å². The van der Waals surface area contributed by atoms with Crippen LogP contribution in [0.1, 0.15) is 53.3 Å². The maximum absolute atomic E-state index is 13.2. The smallest absolute Gasteiger partial charge is 0.227 e. The predicted octanol–water partition coefficient (Wildman–Crippen LogP) is 3.69. The Kier molecular flexibility index (Phi) is 7.83. The number of nitrogens with zero attached hydrogens (tertiary/aromatic N) is 3. The molecule has 2 aromatic rings. The van der Waals surface area contributed by atoms with E-state index >= 15 is 0 Å². The lowest BCUT2D eigenvalue weighted by molar-refractivity contribution is -0.131. The van der Waals surface area contributed by atoms with Crippen LogP contribution >= 0.6 is 12.4 Å². The quantitative estimate of drug-likeness (QED) is 0.666. The Labute approximate surface area is 185 Å². The van der Waals surface area contributed by atoms with Crippen LogP contribution in [0.25, 0.3) is 0 Å². The number of pyridine rings is 1. The van der Waals surface area contributed by atoms with E-state index in [1.807, 2.05) is 38.1 Å². The molecule has 7 heteroatoms. The molecular weight excluding hydrogens is 402 g/mol. The van der Waals surface area contributed by atoms with Gasteiger partial charge in [-0.3, -0.25) is 14.6 Å². The number of carbonyl (C=O) groups is 2. The van der Waals surface area contributed by atoms with Crippen LogP contribution in [-0.4, -0.2) is 53.7 Å². The normalized spacial score (nSPS) is 14.9. The van der Waals surface area contributed by atoms with Crippen LogP contribution in [0, 0.1) is 12.3 Å². The fourth-order valence-electron chi connectivity index (χ4n) is 3.91. The molecule has 1 aliphatic carbocycles. The number of Topliss-reactive ketones (excluding diaryl/α,β-unsaturated/α-hetero) is 1. The summed E-state index contributed by atoms with van der Waals surface area (Å²) in [6.45, 7) is 7.89. The van der Waals surface area contributed by atoms with Gasteiger partial charge in [-0.15, -0.1) is 12.4 Å². The van der Waals surface area contributed by atoms with Crippen LogP contribution < -0.4 is 0 Å². The summed E-state index contributed by atoms with van der Waals surface area (Å²) in [5.74, 6) is 1.50. The lowest BCUT2D eigenvalue weighted by Gasteiger charge is -2.28. The summed E-state index contributed by atoms with van der Waals surface area (Å²) in [6, 6.07) is 3.85. The third-order valence-corrected chi connectivity index (χ3v) is 5.43. The fourth-order valence-corrected chi connectivity index (χ4v) is 3.91. The molecule has 0 spiro atoms. The van der Waals surface area contributed by atoms with Crippen molar-refractivity contribution in [2.24, 2.45) is 5.41 Å². The van der Waals surface area contributed by atoms with Crippen molar-refractivity contribution in [2.75, 3.05) is 27.2 Å². The van der Waals surface area contributed by atoms with Gasteiger partial charge in [-0.2, -0.15) is 0 Å². The summed E-state index contributed by atoms with van der Waals surface area (Å²) in [7, 11) is 3.98. The van der Waals surface area contributed by atoms with Gasteiger partial charge in [0.25, 0.3) is 0 Å². The summed E-state index contributed by atoms with van der Waals surface area (Å²) in [5, 5.41) is 0. The first-order valence-electron chi connectivity index (χ1n) is 10.1. The van der Waals surface area contributed by atoms with E-state index in [0.717, 1.165) is 29.9 Å². The number of ketones is 1. The maximum atomic E-state index is 13.2. The number of hydrogen-bond donors (Lipinski definition) is 0. The molecular formula is C23H32ClN3O3. The van der Waals surface area contributed by atoms with Crippen LogP contribution in [0.3, 0.4) is 0 Å². The minimum Gasteiger partial charge on any atom is -0.465 e. The van der Waals surface area contributed by atoms with Gasteiger partial charge in [-0.1, -0.05) is 19.9 Å². The summed E-state index contributed by atoms with van der Waals surface area (Å²) in [6.07, 6.45) is 4.91. The molecule has 0 aliphatic heterocycles. The molecule has 0 fully saturated rings. The Bertz CT molecular complexity index is 891. The third-order valence-electron chi connectivity index (χ3n) is 5.43. The van der Waals surface area contributed by atoms with Crippen molar-refractivity contribution in [2.45, 2.75) is 46.6 Å². The summed E-state index contributed by atoms with van der Waals surface area (Å²) in [5.41, 5.74) is 2.28. The number of aromatic nitrogens is 1. The van der Waals surface area contributed by atoms with Gasteiger partial charge in [0.15, 0.2) is 5.78 Å². The Balaban J connectivity index is 0.00000320. The third kappa shape index (κ3) is 5.70. The Hall–Kier alpha value is -2.18. The molecule has 2 heterocycles. The molecule has 6 nitrogen and oxygen atoms in total. The number of rotatable bonds is 7. The van der Waals surface area contributed by atoms with Crippen LogP contribution in [0.15, 0.2) is 28.9 Å². The second-order valence-corrected chi connectivity index (χ2v) is 9.03. The fraction of sp³-hybridized carbons (Fsp3) is 0.522. The zero-order valence-corrected chi connectivity index (χ0v) is 19.3. The first-order valence-corrected chi connectivity index (χ1v) is 10.1. The number of furan rings is 1. The van der Waals surface area contributed by atoms with Crippen LogP contribution in [0.4, 0.5) is 0 Å². The maximum Gasteiger partial charge on any atom is 0.227 e. The molecule has 0 atom stereocenters. The van der Waals surface area contributed by atoms with Crippen molar-refractivity contribution in [3.8, 4) is 0 Å². The topological polar surface area (TPSA) is 66.7 Å². The van der Waals surface area contributed by atoms with Gasteiger partial charge in [0.05, 0.1) is 12.0 Å². The van der Waals surface area contributed by atoms with E-state index in [9.17, 15) is 9.59 Å². The van der Waals surface area contributed by atoms with Gasteiger partial charge in [0.2, 0.25) is 5.91 Å². The van der Waals surface area contributed by atoms with E-state index in [-0.39, 0.29) is 35.9 Å². The molecule has 30 heavy (non-hydrogen) atoms. The lowest BCUT2D eigenvalue weighted by atomic mass is 9.75. The van der Waals surface area contributed by atoms with Crippen LogP contribution in [0.2, 0.25) is 0 Å².